The quantitative estimate of drug-likeness (QED) is 0.0416. The van der Waals surface area contributed by atoms with Crippen molar-refractivity contribution in [1.82, 2.24) is 0 Å². The smallest absolute Gasteiger partial charge is 0.200 e. The van der Waals surface area contributed by atoms with Gasteiger partial charge in [0.1, 0.15) is 11.5 Å². The maximum absolute atomic E-state index is 15.3. The summed E-state index contributed by atoms with van der Waals surface area (Å²) in [5.41, 5.74) is 0.0837. The summed E-state index contributed by atoms with van der Waals surface area (Å²) in [5, 5.41) is 0. The Morgan fingerprint density at radius 2 is 0.621 bits per heavy atom. The molecule has 0 bridgehead atoms. The maximum Gasteiger partial charge on any atom is 0.200 e. The summed E-state index contributed by atoms with van der Waals surface area (Å²) in [6.07, 6.45) is 3.70. The molecule has 0 spiro atoms. The molecule has 0 aliphatic rings. The molecule has 0 atom stereocenters. The van der Waals surface area contributed by atoms with Gasteiger partial charge < -0.3 is 9.47 Å². The fraction of sp³-hybridized carbons (Fsp3) is 0.160. The molecular formula is C50H34F10O2S4. The van der Waals surface area contributed by atoms with Gasteiger partial charge in [0, 0.05) is 50.2 Å². The topological polar surface area (TPSA) is 18.5 Å². The molecule has 0 saturated carbocycles. The van der Waals surface area contributed by atoms with Gasteiger partial charge in [-0.1, -0.05) is 26.7 Å². The minimum absolute atomic E-state index is 0.210. The Balaban J connectivity index is 1.35. The maximum atomic E-state index is 15.3. The zero-order valence-corrected chi connectivity index (χ0v) is 38.0. The lowest BCUT2D eigenvalue weighted by atomic mass is 10.0. The Morgan fingerprint density at radius 1 is 0.348 bits per heavy atom. The third-order valence-corrected chi connectivity index (χ3v) is 14.9. The molecule has 16 heteroatoms. The van der Waals surface area contributed by atoms with Crippen LogP contribution in [0.5, 0.6) is 11.5 Å². The van der Waals surface area contributed by atoms with Crippen molar-refractivity contribution in [3.8, 4) is 53.3 Å². The average Bonchev–Trinajstić information content (AvgIpc) is 4.18. The molecule has 8 aromatic rings. The average molecular weight is 985 g/mol. The van der Waals surface area contributed by atoms with Crippen LogP contribution < -0.4 is 9.47 Å². The molecule has 340 valence electrons. The van der Waals surface area contributed by atoms with Crippen molar-refractivity contribution in [1.29, 1.82) is 0 Å². The van der Waals surface area contributed by atoms with Gasteiger partial charge in [0.15, 0.2) is 46.5 Å². The van der Waals surface area contributed by atoms with E-state index in [1.807, 2.05) is 72.8 Å². The predicted octanol–water partition coefficient (Wildman–Crippen LogP) is 17.4. The summed E-state index contributed by atoms with van der Waals surface area (Å²) in [6, 6.07) is 27.5. The van der Waals surface area contributed by atoms with E-state index < -0.39 is 69.3 Å². The predicted molar refractivity (Wildman–Crippen MR) is 244 cm³/mol. The van der Waals surface area contributed by atoms with Crippen LogP contribution in [0, 0.1) is 58.2 Å². The van der Waals surface area contributed by atoms with Crippen molar-refractivity contribution >= 4 is 56.5 Å². The zero-order chi connectivity index (χ0) is 46.8. The summed E-state index contributed by atoms with van der Waals surface area (Å²) in [6.45, 7) is 5.23. The number of hydrogen-bond acceptors (Lipinski definition) is 6. The zero-order valence-electron chi connectivity index (χ0n) is 34.7. The van der Waals surface area contributed by atoms with Crippen LogP contribution in [-0.4, -0.2) is 13.2 Å². The fourth-order valence-corrected chi connectivity index (χ4v) is 11.4. The van der Waals surface area contributed by atoms with E-state index in [0.29, 0.717) is 62.7 Å². The third kappa shape index (κ3) is 9.20. The second-order valence-electron chi connectivity index (χ2n) is 14.7. The van der Waals surface area contributed by atoms with E-state index in [1.54, 1.807) is 0 Å². The van der Waals surface area contributed by atoms with E-state index >= 15 is 17.6 Å². The molecule has 0 fully saturated rings. The van der Waals surface area contributed by atoms with Gasteiger partial charge in [0.25, 0.3) is 0 Å². The van der Waals surface area contributed by atoms with Gasteiger partial charge in [-0.25, -0.2) is 43.9 Å². The first-order valence-electron chi connectivity index (χ1n) is 20.5. The van der Waals surface area contributed by atoms with E-state index in [4.69, 9.17) is 9.47 Å². The first kappa shape index (κ1) is 46.8. The lowest BCUT2D eigenvalue weighted by Crippen LogP contribution is -2.03. The normalized spacial score (nSPS) is 11.4. The Labute approximate surface area is 388 Å². The largest absolute Gasteiger partial charge is 0.494 e. The highest BCUT2D eigenvalue weighted by Gasteiger charge is 2.31. The molecule has 0 aliphatic heterocycles. The number of thiophene rings is 4. The summed E-state index contributed by atoms with van der Waals surface area (Å²) in [7, 11) is 0. The van der Waals surface area contributed by atoms with Gasteiger partial charge >= 0.3 is 0 Å². The molecular weight excluding hydrogens is 951 g/mol. The SMILES string of the molecule is CCCCOc1ccc(-c2ccc(C(=C(c3ccc(-c4c(F)c(F)c(F)c(F)c4F)s3)c3ccc(-c4c(F)c(F)c(F)c(F)c4F)s3)c3ccc(-c4ccc(OCCCC)cc4)s3)s2)cc1. The van der Waals surface area contributed by atoms with Gasteiger partial charge in [-0.2, -0.15) is 0 Å². The highest BCUT2D eigenvalue weighted by atomic mass is 32.1. The second-order valence-corrected chi connectivity index (χ2v) is 19.1. The second kappa shape index (κ2) is 20.0. The number of halogens is 10. The fourth-order valence-electron chi connectivity index (χ4n) is 6.95. The first-order valence-corrected chi connectivity index (χ1v) is 23.7. The molecule has 0 aliphatic carbocycles. The number of ether oxygens (including phenoxy) is 2. The van der Waals surface area contributed by atoms with Crippen molar-refractivity contribution in [3.05, 3.63) is 175 Å². The molecule has 66 heavy (non-hydrogen) atoms. The van der Waals surface area contributed by atoms with E-state index in [1.165, 1.54) is 46.9 Å². The van der Waals surface area contributed by atoms with Crippen LogP contribution in [0.4, 0.5) is 43.9 Å². The van der Waals surface area contributed by atoms with Crippen molar-refractivity contribution in [3.63, 3.8) is 0 Å². The van der Waals surface area contributed by atoms with E-state index in [9.17, 15) is 26.3 Å². The van der Waals surface area contributed by atoms with Crippen LogP contribution >= 0.6 is 45.3 Å². The summed E-state index contributed by atoms with van der Waals surface area (Å²) in [4.78, 5) is 2.59. The van der Waals surface area contributed by atoms with Crippen molar-refractivity contribution in [2.75, 3.05) is 13.2 Å². The molecule has 4 aromatic carbocycles. The van der Waals surface area contributed by atoms with Crippen LogP contribution in [-0.2, 0) is 0 Å². The van der Waals surface area contributed by atoms with Gasteiger partial charge in [-0.15, -0.1) is 45.3 Å². The summed E-state index contributed by atoms with van der Waals surface area (Å²) < 4.78 is 159. The van der Waals surface area contributed by atoms with Crippen molar-refractivity contribution < 1.29 is 53.4 Å². The number of unbranched alkanes of at least 4 members (excludes halogenated alkanes) is 2. The molecule has 0 saturated heterocycles. The molecule has 4 aromatic heterocycles. The Kier molecular flexibility index (Phi) is 14.2. The summed E-state index contributed by atoms with van der Waals surface area (Å²) >= 11 is 4.07. The lowest BCUT2D eigenvalue weighted by molar-refractivity contribution is 0.309. The molecule has 0 N–H and O–H groups in total. The van der Waals surface area contributed by atoms with E-state index in [2.05, 4.69) is 13.8 Å². The molecule has 2 nitrogen and oxygen atoms in total. The number of rotatable bonds is 16. The summed E-state index contributed by atoms with van der Waals surface area (Å²) in [5.74, 6) is -20.0. The Bertz CT molecular complexity index is 2810. The van der Waals surface area contributed by atoms with Crippen molar-refractivity contribution in [2.45, 2.75) is 39.5 Å². The Morgan fingerprint density at radius 3 is 0.924 bits per heavy atom. The van der Waals surface area contributed by atoms with Gasteiger partial charge in [0.05, 0.1) is 24.3 Å². The monoisotopic (exact) mass is 984 g/mol. The van der Waals surface area contributed by atoms with E-state index in [-0.39, 0.29) is 25.1 Å². The number of hydrogen-bond donors (Lipinski definition) is 0. The van der Waals surface area contributed by atoms with Gasteiger partial charge in [-0.3, -0.25) is 0 Å². The lowest BCUT2D eigenvalue weighted by Gasteiger charge is -2.13. The van der Waals surface area contributed by atoms with Crippen LogP contribution in [0.25, 0.3) is 52.9 Å². The minimum Gasteiger partial charge on any atom is -0.494 e. The third-order valence-electron chi connectivity index (χ3n) is 10.4. The standard InChI is InChI=1S/C50H34F10O2S4/c1-3-5-23-61-27-11-7-25(8-12-27)29-15-17-31(63-29)37(32-18-16-30(64-32)26-9-13-28(14-10-26)62-24-6-4-2)38(33-19-21-35(65-33)39-41(51)45(55)49(59)46(56)42(39)52)34-20-22-36(66-34)40-43(53)47(57)50(60)48(58)44(40)54/h7-22H,3-6,23-24H2,1-2H3. The molecule has 4 heterocycles. The molecule has 0 amide bonds. The van der Waals surface area contributed by atoms with Gasteiger partial charge in [-0.05, 0) is 121 Å². The highest BCUT2D eigenvalue weighted by molar-refractivity contribution is 7.21. The molecule has 0 radical (unpaired) electrons. The van der Waals surface area contributed by atoms with Crippen LogP contribution in [0.15, 0.2) is 97.1 Å². The van der Waals surface area contributed by atoms with Crippen LogP contribution in [0.3, 0.4) is 0 Å². The number of benzene rings is 4. The first-order chi connectivity index (χ1) is 31.8. The molecule has 0 unspecified atom stereocenters. The highest BCUT2D eigenvalue weighted by Crippen LogP contribution is 2.50. The van der Waals surface area contributed by atoms with Gasteiger partial charge in [0.2, 0.25) is 11.6 Å². The molecule has 8 rings (SSSR count). The Hall–Kier alpha value is -5.68. The minimum atomic E-state index is -2.33. The van der Waals surface area contributed by atoms with Crippen LogP contribution in [0.2, 0.25) is 0 Å². The van der Waals surface area contributed by atoms with E-state index in [0.717, 1.165) is 46.6 Å². The van der Waals surface area contributed by atoms with Crippen LogP contribution in [0.1, 0.15) is 59.0 Å². The van der Waals surface area contributed by atoms with Crippen molar-refractivity contribution in [2.24, 2.45) is 0 Å².